The topological polar surface area (TPSA) is 133 Å². The number of nitrogens with zero attached hydrogens (tertiary/aromatic N) is 2. The predicted molar refractivity (Wildman–Crippen MR) is 167 cm³/mol. The molecule has 0 bridgehead atoms. The highest BCUT2D eigenvalue weighted by Gasteiger charge is 2.23. The summed E-state index contributed by atoms with van der Waals surface area (Å²) in [5.41, 5.74) is 7.19. The van der Waals surface area contributed by atoms with Crippen molar-refractivity contribution in [1.82, 2.24) is 0 Å². The molecule has 1 amide bonds. The van der Waals surface area contributed by atoms with Gasteiger partial charge in [0.15, 0.2) is 0 Å². The van der Waals surface area contributed by atoms with Gasteiger partial charge in [0.1, 0.15) is 35.5 Å². The number of aliphatic hydroxyl groups is 1. The number of ether oxygens (including phenoxy) is 4. The van der Waals surface area contributed by atoms with E-state index in [0.29, 0.717) is 17.2 Å². The van der Waals surface area contributed by atoms with Crippen LogP contribution in [0.2, 0.25) is 0 Å². The first-order chi connectivity index (χ1) is 20.7. The van der Waals surface area contributed by atoms with E-state index in [0.717, 1.165) is 50.5 Å². The molecule has 2 fully saturated rings. The van der Waals surface area contributed by atoms with E-state index in [1.807, 2.05) is 38.1 Å². The molecule has 234 valence electrons. The van der Waals surface area contributed by atoms with Crippen LogP contribution in [0, 0.1) is 11.8 Å². The van der Waals surface area contributed by atoms with E-state index < -0.39 is 12.0 Å². The van der Waals surface area contributed by atoms with Crippen LogP contribution in [0.15, 0.2) is 59.8 Å². The molecule has 10 nitrogen and oxygen atoms in total. The van der Waals surface area contributed by atoms with Gasteiger partial charge in [0.25, 0.3) is 5.91 Å². The van der Waals surface area contributed by atoms with Crippen LogP contribution in [-0.4, -0.2) is 68.8 Å². The molecule has 1 saturated heterocycles. The number of anilines is 1. The zero-order chi connectivity index (χ0) is 31.2. The van der Waals surface area contributed by atoms with Crippen molar-refractivity contribution in [2.75, 3.05) is 38.3 Å². The molecular weight excluding hydrogens is 550 g/mol. The first-order valence-electron chi connectivity index (χ1n) is 14.8. The average Bonchev–Trinajstić information content (AvgIpc) is 3.82. The number of amides is 1. The molecule has 43 heavy (non-hydrogen) atoms. The Morgan fingerprint density at radius 1 is 1.07 bits per heavy atom. The van der Waals surface area contributed by atoms with Gasteiger partial charge in [-0.3, -0.25) is 4.79 Å². The van der Waals surface area contributed by atoms with E-state index in [1.54, 1.807) is 25.1 Å². The molecule has 1 aliphatic carbocycles. The molecule has 2 aromatic rings. The van der Waals surface area contributed by atoms with Crippen LogP contribution in [0.1, 0.15) is 56.8 Å². The smallest absolute Gasteiger partial charge is 0.279 e. The highest BCUT2D eigenvalue weighted by Crippen LogP contribution is 2.32. The van der Waals surface area contributed by atoms with Crippen molar-refractivity contribution in [1.29, 1.82) is 0 Å². The minimum absolute atomic E-state index is 0.00975. The number of aliphatic imine (C=N–C) groups is 1. The number of hydrogen-bond acceptors (Lipinski definition) is 8. The molecule has 1 aliphatic heterocycles. The second-order valence-electron chi connectivity index (χ2n) is 11.1. The molecule has 3 N–H and O–H groups in total. The van der Waals surface area contributed by atoms with Crippen molar-refractivity contribution >= 4 is 23.7 Å². The Hall–Kier alpha value is -3.89. The maximum atomic E-state index is 12.8. The Kier molecular flexibility index (Phi) is 13.5. The fraction of sp³-hybridized carbons (Fsp3) is 0.485. The first kappa shape index (κ1) is 33.6. The zero-order valence-corrected chi connectivity index (χ0v) is 25.6. The van der Waals surface area contributed by atoms with Crippen LogP contribution in [0.5, 0.6) is 17.2 Å². The quantitative estimate of drug-likeness (QED) is 0.140. The summed E-state index contributed by atoms with van der Waals surface area (Å²) in [5, 5.41) is 9.36. The van der Waals surface area contributed by atoms with Crippen LogP contribution in [0.4, 0.5) is 5.69 Å². The monoisotopic (exact) mass is 595 g/mol. The number of carbonyl (C=O) groups is 2. The summed E-state index contributed by atoms with van der Waals surface area (Å²) < 4.78 is 22.1. The van der Waals surface area contributed by atoms with Crippen molar-refractivity contribution < 1.29 is 33.6 Å². The number of carbonyl (C=O) groups excluding carboxylic acids is 2. The maximum absolute atomic E-state index is 12.8. The fourth-order valence-electron chi connectivity index (χ4n) is 4.13. The minimum atomic E-state index is -0.555. The third-order valence-corrected chi connectivity index (χ3v) is 6.74. The molecule has 2 aromatic carbocycles. The molecule has 1 saturated carbocycles. The molecular formula is C33H45N3O7. The summed E-state index contributed by atoms with van der Waals surface area (Å²) >= 11 is 0. The Morgan fingerprint density at radius 3 is 2.33 bits per heavy atom. The van der Waals surface area contributed by atoms with Gasteiger partial charge in [0, 0.05) is 56.1 Å². The van der Waals surface area contributed by atoms with Crippen LogP contribution in [0.25, 0.3) is 0 Å². The lowest BCUT2D eigenvalue weighted by Gasteiger charge is -2.19. The van der Waals surface area contributed by atoms with Crippen molar-refractivity contribution in [2.45, 2.75) is 58.7 Å². The molecule has 0 spiro atoms. The van der Waals surface area contributed by atoms with Crippen molar-refractivity contribution in [3.8, 4) is 17.2 Å². The van der Waals surface area contributed by atoms with Gasteiger partial charge in [-0.2, -0.15) is 4.99 Å². The molecule has 1 atom stereocenters. The van der Waals surface area contributed by atoms with Gasteiger partial charge in [0.05, 0.1) is 19.0 Å². The molecule has 10 heteroatoms. The summed E-state index contributed by atoms with van der Waals surface area (Å²) in [6, 6.07) is 12.6. The SMILES string of the molecule is CC(C)O/C=C\C(N)=NC(=O)c1cc(Oc2ccc(N(C)CC3CC3)cc2)cc(OC(C)CO)c1.O=CC1CCOCC1. The lowest BCUT2D eigenvalue weighted by atomic mass is 10.0. The van der Waals surface area contributed by atoms with Crippen molar-refractivity contribution in [3.63, 3.8) is 0 Å². The van der Waals surface area contributed by atoms with Gasteiger partial charge in [0.2, 0.25) is 0 Å². The largest absolute Gasteiger partial charge is 0.498 e. The van der Waals surface area contributed by atoms with Gasteiger partial charge in [-0.25, -0.2) is 0 Å². The van der Waals surface area contributed by atoms with E-state index in [9.17, 15) is 14.7 Å². The van der Waals surface area contributed by atoms with Crippen LogP contribution < -0.4 is 20.1 Å². The fourth-order valence-corrected chi connectivity index (χ4v) is 4.13. The average molecular weight is 596 g/mol. The molecule has 2 aliphatic rings. The van der Waals surface area contributed by atoms with Gasteiger partial charge in [-0.1, -0.05) is 0 Å². The maximum Gasteiger partial charge on any atom is 0.279 e. The number of nitrogens with two attached hydrogens (primary N) is 1. The Balaban J connectivity index is 0.000000546. The summed E-state index contributed by atoms with van der Waals surface area (Å²) in [6.07, 6.45) is 7.83. The lowest BCUT2D eigenvalue weighted by Crippen LogP contribution is -2.19. The Bertz CT molecular complexity index is 1220. The third-order valence-electron chi connectivity index (χ3n) is 6.74. The second kappa shape index (κ2) is 17.3. The normalized spacial score (nSPS) is 16.3. The number of aldehydes is 1. The van der Waals surface area contributed by atoms with Gasteiger partial charge in [-0.15, -0.1) is 0 Å². The summed E-state index contributed by atoms with van der Waals surface area (Å²) in [4.78, 5) is 29.0. The number of benzene rings is 2. The van der Waals surface area contributed by atoms with Gasteiger partial charge >= 0.3 is 0 Å². The number of rotatable bonds is 13. The van der Waals surface area contributed by atoms with Gasteiger partial charge < -0.3 is 39.5 Å². The first-order valence-corrected chi connectivity index (χ1v) is 14.8. The molecule has 4 rings (SSSR count). The zero-order valence-electron chi connectivity index (χ0n) is 25.6. The van der Waals surface area contributed by atoms with Crippen molar-refractivity contribution in [3.05, 3.63) is 60.4 Å². The standard InChI is InChI=1S/C27H35N3O5.C6H10O2/c1-18(2)33-12-11-26(28)29-27(32)21-13-24(34-19(3)17-31)15-25(14-21)35-23-9-7-22(8-10-23)30(4)16-20-5-6-20;7-5-6-1-3-8-4-2-6/h7-15,18-20,31H,5-6,16-17H2,1-4H3,(H2,28,29,32);5-6H,1-4H2/b12-11-;. The Morgan fingerprint density at radius 2 is 1.74 bits per heavy atom. The highest BCUT2D eigenvalue weighted by atomic mass is 16.5. The summed E-state index contributed by atoms with van der Waals surface area (Å²) in [6.45, 7) is 7.90. The second-order valence-corrected chi connectivity index (χ2v) is 11.1. The number of hydrogen-bond donors (Lipinski definition) is 2. The number of amidine groups is 1. The minimum Gasteiger partial charge on any atom is -0.498 e. The van der Waals surface area contributed by atoms with Crippen LogP contribution in [0.3, 0.4) is 0 Å². The van der Waals surface area contributed by atoms with E-state index in [4.69, 9.17) is 24.7 Å². The lowest BCUT2D eigenvalue weighted by molar-refractivity contribution is -0.113. The third kappa shape index (κ3) is 12.5. The van der Waals surface area contributed by atoms with E-state index in [-0.39, 0.29) is 30.0 Å². The number of aliphatic hydroxyl groups excluding tert-OH is 1. The van der Waals surface area contributed by atoms with E-state index in [1.165, 1.54) is 25.2 Å². The predicted octanol–water partition coefficient (Wildman–Crippen LogP) is 5.13. The van der Waals surface area contributed by atoms with E-state index in [2.05, 4.69) is 16.9 Å². The molecule has 0 aromatic heterocycles. The molecule has 1 unspecified atom stereocenters. The van der Waals surface area contributed by atoms with Crippen molar-refractivity contribution in [2.24, 2.45) is 22.6 Å². The van der Waals surface area contributed by atoms with Gasteiger partial charge in [-0.05, 0) is 88.8 Å². The highest BCUT2D eigenvalue weighted by molar-refractivity contribution is 6.06. The summed E-state index contributed by atoms with van der Waals surface area (Å²) in [5.74, 6) is 1.94. The van der Waals surface area contributed by atoms with Crippen LogP contribution in [-0.2, 0) is 14.3 Å². The van der Waals surface area contributed by atoms with Crippen LogP contribution >= 0.6 is 0 Å². The Labute approximate surface area is 254 Å². The molecule has 1 heterocycles. The summed E-state index contributed by atoms with van der Waals surface area (Å²) in [7, 11) is 2.09. The van der Waals surface area contributed by atoms with E-state index >= 15 is 0 Å². The molecule has 0 radical (unpaired) electrons.